The second kappa shape index (κ2) is 6.90. The number of nitrogens with one attached hydrogen (secondary N) is 2. The largest absolute Gasteiger partial charge is 0.444 e. The molecule has 2 amide bonds. The van der Waals surface area contributed by atoms with Crippen LogP contribution >= 0.6 is 0 Å². The first-order chi connectivity index (χ1) is 10.1. The van der Waals surface area contributed by atoms with Crippen molar-refractivity contribution in [2.75, 3.05) is 18.5 Å². The SMILES string of the molecule is Cc1coc(-c2cc(NC(=O)NCCCO)ccc2C)n1. The summed E-state index contributed by atoms with van der Waals surface area (Å²) in [6.45, 7) is 4.30. The molecule has 0 saturated heterocycles. The number of aliphatic hydroxyl groups is 1. The van der Waals surface area contributed by atoms with Gasteiger partial charge >= 0.3 is 6.03 Å². The first-order valence-corrected chi connectivity index (χ1v) is 6.79. The predicted molar refractivity (Wildman–Crippen MR) is 80.1 cm³/mol. The predicted octanol–water partition coefficient (Wildman–Crippen LogP) is 2.46. The number of benzene rings is 1. The fourth-order valence-electron chi connectivity index (χ4n) is 1.86. The smallest absolute Gasteiger partial charge is 0.319 e. The molecular formula is C15H19N3O3. The van der Waals surface area contributed by atoms with Crippen molar-refractivity contribution in [2.45, 2.75) is 20.3 Å². The zero-order chi connectivity index (χ0) is 15.2. The number of hydrogen-bond donors (Lipinski definition) is 3. The van der Waals surface area contributed by atoms with E-state index in [1.807, 2.05) is 32.0 Å². The van der Waals surface area contributed by atoms with E-state index in [1.165, 1.54) is 0 Å². The Hall–Kier alpha value is -2.34. The number of anilines is 1. The van der Waals surface area contributed by atoms with Gasteiger partial charge in [-0.1, -0.05) is 6.07 Å². The van der Waals surface area contributed by atoms with Crippen LogP contribution < -0.4 is 10.6 Å². The number of aliphatic hydroxyl groups excluding tert-OH is 1. The summed E-state index contributed by atoms with van der Waals surface area (Å²) in [6, 6.07) is 5.24. The van der Waals surface area contributed by atoms with Gasteiger partial charge < -0.3 is 20.2 Å². The summed E-state index contributed by atoms with van der Waals surface area (Å²) < 4.78 is 5.40. The molecule has 0 saturated carbocycles. The lowest BCUT2D eigenvalue weighted by Crippen LogP contribution is -2.29. The summed E-state index contributed by atoms with van der Waals surface area (Å²) in [5.41, 5.74) is 3.33. The molecule has 0 radical (unpaired) electrons. The van der Waals surface area contributed by atoms with Gasteiger partial charge in [0.05, 0.1) is 5.69 Å². The van der Waals surface area contributed by atoms with Crippen LogP contribution in [-0.2, 0) is 0 Å². The van der Waals surface area contributed by atoms with Gasteiger partial charge in [-0.15, -0.1) is 0 Å². The third-order valence-electron chi connectivity index (χ3n) is 2.97. The minimum absolute atomic E-state index is 0.0540. The molecule has 2 rings (SSSR count). The molecule has 0 unspecified atom stereocenters. The highest BCUT2D eigenvalue weighted by molar-refractivity contribution is 5.90. The average molecular weight is 289 g/mol. The van der Waals surface area contributed by atoms with Gasteiger partial charge in [0.2, 0.25) is 5.89 Å². The molecular weight excluding hydrogens is 270 g/mol. The van der Waals surface area contributed by atoms with E-state index in [1.54, 1.807) is 6.26 Å². The number of amides is 2. The number of nitrogens with zero attached hydrogens (tertiary/aromatic N) is 1. The quantitative estimate of drug-likeness (QED) is 0.738. The van der Waals surface area contributed by atoms with Gasteiger partial charge in [-0.2, -0.15) is 0 Å². The first-order valence-electron chi connectivity index (χ1n) is 6.79. The summed E-state index contributed by atoms with van der Waals surface area (Å²) in [7, 11) is 0. The highest BCUT2D eigenvalue weighted by atomic mass is 16.3. The maximum absolute atomic E-state index is 11.7. The van der Waals surface area contributed by atoms with Crippen LogP contribution in [0.2, 0.25) is 0 Å². The lowest BCUT2D eigenvalue weighted by atomic mass is 10.1. The molecule has 6 heteroatoms. The molecule has 0 fully saturated rings. The Kier molecular flexibility index (Phi) is 4.94. The van der Waals surface area contributed by atoms with Crippen LogP contribution in [0.4, 0.5) is 10.5 Å². The van der Waals surface area contributed by atoms with Crippen LogP contribution in [0.1, 0.15) is 17.7 Å². The van der Waals surface area contributed by atoms with Crippen molar-refractivity contribution in [1.29, 1.82) is 0 Å². The summed E-state index contributed by atoms with van der Waals surface area (Å²) in [4.78, 5) is 16.0. The van der Waals surface area contributed by atoms with E-state index in [2.05, 4.69) is 15.6 Å². The summed E-state index contributed by atoms with van der Waals surface area (Å²) in [6.07, 6.45) is 2.12. The van der Waals surface area contributed by atoms with Crippen molar-refractivity contribution in [3.05, 3.63) is 35.7 Å². The molecule has 0 aliphatic rings. The Morgan fingerprint density at radius 3 is 2.86 bits per heavy atom. The number of hydrogen-bond acceptors (Lipinski definition) is 4. The second-order valence-corrected chi connectivity index (χ2v) is 4.78. The maximum atomic E-state index is 11.7. The van der Waals surface area contributed by atoms with E-state index in [9.17, 15) is 4.79 Å². The van der Waals surface area contributed by atoms with E-state index in [4.69, 9.17) is 9.52 Å². The summed E-state index contributed by atoms with van der Waals surface area (Å²) >= 11 is 0. The number of aromatic nitrogens is 1. The molecule has 0 bridgehead atoms. The van der Waals surface area contributed by atoms with Gasteiger partial charge in [-0.05, 0) is 38.0 Å². The molecule has 0 spiro atoms. The van der Waals surface area contributed by atoms with E-state index < -0.39 is 0 Å². The van der Waals surface area contributed by atoms with Gasteiger partial charge in [-0.3, -0.25) is 0 Å². The highest BCUT2D eigenvalue weighted by Gasteiger charge is 2.10. The molecule has 3 N–H and O–H groups in total. The van der Waals surface area contributed by atoms with E-state index in [-0.39, 0.29) is 12.6 Å². The average Bonchev–Trinajstić information content (AvgIpc) is 2.88. The van der Waals surface area contributed by atoms with E-state index in [0.717, 1.165) is 16.8 Å². The van der Waals surface area contributed by atoms with Crippen molar-refractivity contribution in [1.82, 2.24) is 10.3 Å². The van der Waals surface area contributed by atoms with Crippen molar-refractivity contribution < 1.29 is 14.3 Å². The molecule has 1 heterocycles. The summed E-state index contributed by atoms with van der Waals surface area (Å²) in [5, 5.41) is 14.1. The van der Waals surface area contributed by atoms with Gasteiger partial charge in [0.15, 0.2) is 0 Å². The Labute approximate surface area is 123 Å². The number of carbonyl (C=O) groups is 1. The maximum Gasteiger partial charge on any atom is 0.319 e. The van der Waals surface area contributed by atoms with Gasteiger partial charge in [0, 0.05) is 24.4 Å². The highest BCUT2D eigenvalue weighted by Crippen LogP contribution is 2.25. The molecule has 0 aliphatic heterocycles. The zero-order valence-electron chi connectivity index (χ0n) is 12.1. The molecule has 21 heavy (non-hydrogen) atoms. The zero-order valence-corrected chi connectivity index (χ0v) is 12.1. The number of urea groups is 1. The monoisotopic (exact) mass is 289 g/mol. The Bertz CT molecular complexity index is 622. The molecule has 0 atom stereocenters. The van der Waals surface area contributed by atoms with Crippen LogP contribution in [-0.4, -0.2) is 29.3 Å². The number of carbonyl (C=O) groups excluding carboxylic acids is 1. The third kappa shape index (κ3) is 4.06. The normalized spacial score (nSPS) is 10.4. The van der Waals surface area contributed by atoms with Crippen molar-refractivity contribution in [3.8, 4) is 11.5 Å². The fourth-order valence-corrected chi connectivity index (χ4v) is 1.86. The minimum Gasteiger partial charge on any atom is -0.444 e. The lowest BCUT2D eigenvalue weighted by Gasteiger charge is -2.09. The second-order valence-electron chi connectivity index (χ2n) is 4.78. The van der Waals surface area contributed by atoms with Crippen LogP contribution in [0.5, 0.6) is 0 Å². The van der Waals surface area contributed by atoms with E-state index >= 15 is 0 Å². The number of rotatable bonds is 5. The minimum atomic E-state index is -0.304. The third-order valence-corrected chi connectivity index (χ3v) is 2.97. The molecule has 1 aromatic carbocycles. The first kappa shape index (κ1) is 15.1. The molecule has 2 aromatic rings. The number of aryl methyl sites for hydroxylation is 2. The van der Waals surface area contributed by atoms with Gasteiger partial charge in [-0.25, -0.2) is 9.78 Å². The number of oxazole rings is 1. The van der Waals surface area contributed by atoms with Crippen LogP contribution in [0.3, 0.4) is 0 Å². The molecule has 112 valence electrons. The topological polar surface area (TPSA) is 87.4 Å². The molecule has 1 aromatic heterocycles. The van der Waals surface area contributed by atoms with Crippen LogP contribution in [0, 0.1) is 13.8 Å². The van der Waals surface area contributed by atoms with Gasteiger partial charge in [0.25, 0.3) is 0 Å². The van der Waals surface area contributed by atoms with E-state index in [0.29, 0.717) is 24.5 Å². The Morgan fingerprint density at radius 1 is 1.38 bits per heavy atom. The Balaban J connectivity index is 2.10. The van der Waals surface area contributed by atoms with Crippen LogP contribution in [0.25, 0.3) is 11.5 Å². The molecule has 0 aliphatic carbocycles. The molecule has 6 nitrogen and oxygen atoms in total. The van der Waals surface area contributed by atoms with Crippen LogP contribution in [0.15, 0.2) is 28.9 Å². The van der Waals surface area contributed by atoms with Gasteiger partial charge in [0.1, 0.15) is 6.26 Å². The fraction of sp³-hybridized carbons (Fsp3) is 0.333. The lowest BCUT2D eigenvalue weighted by molar-refractivity contribution is 0.249. The van der Waals surface area contributed by atoms with Crippen molar-refractivity contribution in [3.63, 3.8) is 0 Å². The summed E-state index contributed by atoms with van der Waals surface area (Å²) in [5.74, 6) is 0.536. The standard InChI is InChI=1S/C15H19N3O3/c1-10-4-5-12(18-15(20)16-6-3-7-19)8-13(10)14-17-11(2)9-21-14/h4-5,8-9,19H,3,6-7H2,1-2H3,(H2,16,18,20). The Morgan fingerprint density at radius 2 is 2.19 bits per heavy atom. The van der Waals surface area contributed by atoms with Crippen molar-refractivity contribution >= 4 is 11.7 Å². The van der Waals surface area contributed by atoms with Crippen molar-refractivity contribution in [2.24, 2.45) is 0 Å².